The molecule has 23 heavy (non-hydrogen) atoms. The quantitative estimate of drug-likeness (QED) is 0.568. The van der Waals surface area contributed by atoms with Crippen molar-refractivity contribution in [1.29, 1.82) is 0 Å². The van der Waals surface area contributed by atoms with E-state index < -0.39 is 4.92 Å². The van der Waals surface area contributed by atoms with Crippen molar-refractivity contribution in [3.05, 3.63) is 69.5 Å². The largest absolute Gasteiger partial charge is 0.369 e. The van der Waals surface area contributed by atoms with E-state index in [1.165, 1.54) is 18.5 Å². The Morgan fingerprint density at radius 1 is 1.13 bits per heavy atom. The first kappa shape index (κ1) is 15.2. The average Bonchev–Trinajstić information content (AvgIpc) is 2.56. The van der Waals surface area contributed by atoms with Gasteiger partial charge in [0.2, 0.25) is 0 Å². The summed E-state index contributed by atoms with van der Waals surface area (Å²) < 4.78 is 0. The van der Waals surface area contributed by atoms with Crippen LogP contribution in [-0.4, -0.2) is 21.4 Å². The number of fused-ring (bicyclic) bond motifs is 1. The zero-order valence-electron chi connectivity index (χ0n) is 12.1. The van der Waals surface area contributed by atoms with Crippen LogP contribution in [0.15, 0.2) is 48.8 Å². The van der Waals surface area contributed by atoms with Gasteiger partial charge in [-0.05, 0) is 30.2 Å². The predicted octanol–water partition coefficient (Wildman–Crippen LogP) is 3.85. The van der Waals surface area contributed by atoms with Gasteiger partial charge in [-0.1, -0.05) is 23.7 Å². The molecule has 116 valence electrons. The van der Waals surface area contributed by atoms with Crippen LogP contribution >= 0.6 is 11.6 Å². The maximum Gasteiger partial charge on any atom is 0.271 e. The minimum absolute atomic E-state index is 0.0170. The number of nitro benzene ring substituents is 1. The van der Waals surface area contributed by atoms with Crippen molar-refractivity contribution >= 4 is 34.0 Å². The molecular weight excluding hydrogens is 316 g/mol. The van der Waals surface area contributed by atoms with Crippen molar-refractivity contribution in [3.8, 4) is 0 Å². The molecule has 3 aromatic rings. The van der Waals surface area contributed by atoms with E-state index >= 15 is 0 Å². The fourth-order valence-corrected chi connectivity index (χ4v) is 2.40. The zero-order chi connectivity index (χ0) is 16.2. The number of non-ortho nitro benzene ring substituents is 1. The second-order valence-electron chi connectivity index (χ2n) is 4.98. The molecule has 0 saturated carbocycles. The van der Waals surface area contributed by atoms with Gasteiger partial charge in [-0.3, -0.25) is 10.1 Å². The van der Waals surface area contributed by atoms with Crippen LogP contribution in [0.3, 0.4) is 0 Å². The van der Waals surface area contributed by atoms with Crippen molar-refractivity contribution in [2.24, 2.45) is 0 Å². The summed E-state index contributed by atoms with van der Waals surface area (Å²) in [6.45, 7) is 0.685. The molecule has 0 aliphatic rings. The fourth-order valence-electron chi connectivity index (χ4n) is 2.28. The molecule has 0 amide bonds. The topological polar surface area (TPSA) is 81.0 Å². The van der Waals surface area contributed by atoms with Gasteiger partial charge in [0.15, 0.2) is 0 Å². The number of aromatic nitrogens is 2. The second kappa shape index (κ2) is 6.58. The number of nitro groups is 1. The molecular formula is C16H13ClN4O2. The summed E-state index contributed by atoms with van der Waals surface area (Å²) in [6, 6.07) is 12.2. The van der Waals surface area contributed by atoms with Crippen LogP contribution < -0.4 is 5.32 Å². The Morgan fingerprint density at radius 2 is 1.91 bits per heavy atom. The molecule has 0 spiro atoms. The maximum atomic E-state index is 10.8. The highest BCUT2D eigenvalue weighted by atomic mass is 35.5. The minimum atomic E-state index is -0.435. The van der Waals surface area contributed by atoms with E-state index in [0.717, 1.165) is 17.4 Å². The number of halogens is 1. The molecule has 2 aromatic carbocycles. The highest BCUT2D eigenvalue weighted by molar-refractivity contribution is 6.30. The van der Waals surface area contributed by atoms with E-state index in [0.29, 0.717) is 22.9 Å². The molecule has 1 N–H and O–H groups in total. The molecule has 0 bridgehead atoms. The van der Waals surface area contributed by atoms with Crippen molar-refractivity contribution in [2.45, 2.75) is 6.42 Å². The van der Waals surface area contributed by atoms with E-state index in [4.69, 9.17) is 11.6 Å². The van der Waals surface area contributed by atoms with Crippen LogP contribution in [0.5, 0.6) is 0 Å². The van der Waals surface area contributed by atoms with Crippen LogP contribution in [0.25, 0.3) is 10.9 Å². The molecule has 0 saturated heterocycles. The van der Waals surface area contributed by atoms with Gasteiger partial charge in [0, 0.05) is 29.1 Å². The Balaban J connectivity index is 1.75. The summed E-state index contributed by atoms with van der Waals surface area (Å²) in [5.41, 5.74) is 1.72. The summed E-state index contributed by atoms with van der Waals surface area (Å²) >= 11 is 5.86. The van der Waals surface area contributed by atoms with Gasteiger partial charge in [0.05, 0.1) is 10.4 Å². The lowest BCUT2D eigenvalue weighted by Gasteiger charge is -2.08. The third-order valence-electron chi connectivity index (χ3n) is 3.45. The molecule has 0 radical (unpaired) electrons. The highest BCUT2D eigenvalue weighted by Gasteiger charge is 2.09. The number of rotatable bonds is 5. The summed E-state index contributed by atoms with van der Waals surface area (Å²) in [5, 5.41) is 15.5. The molecule has 3 rings (SSSR count). The number of nitrogens with one attached hydrogen (secondary N) is 1. The molecule has 0 aliphatic heterocycles. The summed E-state index contributed by atoms with van der Waals surface area (Å²) in [5.74, 6) is 0.666. The number of anilines is 1. The number of hydrogen-bond donors (Lipinski definition) is 1. The normalized spacial score (nSPS) is 10.7. The lowest BCUT2D eigenvalue weighted by atomic mass is 10.1. The molecule has 0 fully saturated rings. The van der Waals surface area contributed by atoms with Crippen LogP contribution in [0.1, 0.15) is 5.56 Å². The van der Waals surface area contributed by atoms with E-state index in [9.17, 15) is 10.1 Å². The number of nitrogens with zero attached hydrogens (tertiary/aromatic N) is 3. The number of hydrogen-bond acceptors (Lipinski definition) is 5. The van der Waals surface area contributed by atoms with Crippen LogP contribution in [0.2, 0.25) is 5.02 Å². The Kier molecular flexibility index (Phi) is 4.34. The summed E-state index contributed by atoms with van der Waals surface area (Å²) in [6.07, 6.45) is 2.21. The summed E-state index contributed by atoms with van der Waals surface area (Å²) in [7, 11) is 0. The standard InChI is InChI=1S/C16H13ClN4O2/c17-12-3-1-11(2-4-12)7-8-18-16-14-6-5-13(21(22)23)9-15(14)19-10-20-16/h1-6,9-10H,7-8H2,(H,18,19,20). The monoisotopic (exact) mass is 328 g/mol. The van der Waals surface area contributed by atoms with E-state index in [1.807, 2.05) is 24.3 Å². The third-order valence-corrected chi connectivity index (χ3v) is 3.70. The Hall–Kier alpha value is -2.73. The Morgan fingerprint density at radius 3 is 2.65 bits per heavy atom. The van der Waals surface area contributed by atoms with E-state index in [2.05, 4.69) is 15.3 Å². The van der Waals surface area contributed by atoms with Gasteiger partial charge < -0.3 is 5.32 Å². The van der Waals surface area contributed by atoms with Gasteiger partial charge in [0.25, 0.3) is 5.69 Å². The zero-order valence-corrected chi connectivity index (χ0v) is 12.8. The Labute approximate surface area is 137 Å². The molecule has 0 unspecified atom stereocenters. The van der Waals surface area contributed by atoms with Crippen LogP contribution in [0, 0.1) is 10.1 Å². The Bertz CT molecular complexity index is 852. The molecule has 1 aromatic heterocycles. The molecule has 0 aliphatic carbocycles. The van der Waals surface area contributed by atoms with Gasteiger partial charge in [0.1, 0.15) is 12.1 Å². The third kappa shape index (κ3) is 3.54. The molecule has 6 nitrogen and oxygen atoms in total. The van der Waals surface area contributed by atoms with Gasteiger partial charge in [-0.2, -0.15) is 0 Å². The van der Waals surface area contributed by atoms with Crippen LogP contribution in [0.4, 0.5) is 11.5 Å². The smallest absolute Gasteiger partial charge is 0.271 e. The van der Waals surface area contributed by atoms with Crippen molar-refractivity contribution in [1.82, 2.24) is 9.97 Å². The number of benzene rings is 2. The molecule has 0 atom stereocenters. The average molecular weight is 329 g/mol. The second-order valence-corrected chi connectivity index (χ2v) is 5.42. The minimum Gasteiger partial charge on any atom is -0.369 e. The lowest BCUT2D eigenvalue weighted by molar-refractivity contribution is -0.384. The van der Waals surface area contributed by atoms with Crippen molar-refractivity contribution < 1.29 is 4.92 Å². The van der Waals surface area contributed by atoms with Crippen molar-refractivity contribution in [3.63, 3.8) is 0 Å². The van der Waals surface area contributed by atoms with Gasteiger partial charge in [-0.15, -0.1) is 0 Å². The summed E-state index contributed by atoms with van der Waals surface area (Å²) in [4.78, 5) is 18.7. The van der Waals surface area contributed by atoms with Crippen molar-refractivity contribution in [2.75, 3.05) is 11.9 Å². The predicted molar refractivity (Wildman–Crippen MR) is 89.8 cm³/mol. The van der Waals surface area contributed by atoms with Crippen LogP contribution in [-0.2, 0) is 6.42 Å². The van der Waals surface area contributed by atoms with Gasteiger partial charge >= 0.3 is 0 Å². The first-order chi connectivity index (χ1) is 11.1. The fraction of sp³-hybridized carbons (Fsp3) is 0.125. The van der Waals surface area contributed by atoms with E-state index in [1.54, 1.807) is 6.07 Å². The maximum absolute atomic E-state index is 10.8. The van der Waals surface area contributed by atoms with E-state index in [-0.39, 0.29) is 5.69 Å². The first-order valence-electron chi connectivity index (χ1n) is 7.01. The molecule has 7 heteroatoms. The lowest BCUT2D eigenvalue weighted by Crippen LogP contribution is -2.07. The highest BCUT2D eigenvalue weighted by Crippen LogP contribution is 2.23. The SMILES string of the molecule is O=[N+]([O-])c1ccc2c(NCCc3ccc(Cl)cc3)ncnc2c1. The van der Waals surface area contributed by atoms with Gasteiger partial charge in [-0.25, -0.2) is 9.97 Å². The first-order valence-corrected chi connectivity index (χ1v) is 7.39. The molecule has 1 heterocycles.